The van der Waals surface area contributed by atoms with Crippen molar-refractivity contribution < 1.29 is 4.79 Å². The number of nitrogens with one attached hydrogen (secondary N) is 1. The van der Waals surface area contributed by atoms with E-state index < -0.39 is 0 Å². The number of likely N-dealkylation sites (N-methyl/N-ethyl adjacent to an activating group) is 1. The molecule has 84 valence electrons. The lowest BCUT2D eigenvalue weighted by Gasteiger charge is -2.17. The van der Waals surface area contributed by atoms with Crippen molar-refractivity contribution in [3.63, 3.8) is 0 Å². The first-order chi connectivity index (χ1) is 7.11. The van der Waals surface area contributed by atoms with Gasteiger partial charge in [-0.15, -0.1) is 5.10 Å². The average molecular weight is 211 g/mol. The average Bonchev–Trinajstić information content (AvgIpc) is 2.69. The van der Waals surface area contributed by atoms with Crippen molar-refractivity contribution >= 4 is 5.91 Å². The molecular formula is C9H17N5O. The van der Waals surface area contributed by atoms with Crippen molar-refractivity contribution in [2.45, 2.75) is 19.5 Å². The Morgan fingerprint density at radius 2 is 2.33 bits per heavy atom. The summed E-state index contributed by atoms with van der Waals surface area (Å²) in [6.07, 6.45) is 3.43. The first-order valence-corrected chi connectivity index (χ1v) is 4.90. The first-order valence-electron chi connectivity index (χ1n) is 4.90. The predicted octanol–water partition coefficient (Wildman–Crippen LogP) is -0.656. The van der Waals surface area contributed by atoms with E-state index in [0.29, 0.717) is 13.1 Å². The number of rotatable bonds is 5. The highest BCUT2D eigenvalue weighted by Crippen LogP contribution is 1.88. The zero-order valence-corrected chi connectivity index (χ0v) is 9.34. The summed E-state index contributed by atoms with van der Waals surface area (Å²) >= 11 is 0. The van der Waals surface area contributed by atoms with Gasteiger partial charge in [0, 0.05) is 26.8 Å². The van der Waals surface area contributed by atoms with Crippen LogP contribution >= 0.6 is 0 Å². The molecule has 1 atom stereocenters. The summed E-state index contributed by atoms with van der Waals surface area (Å²) in [6, 6.07) is -0.163. The van der Waals surface area contributed by atoms with Crippen molar-refractivity contribution in [1.82, 2.24) is 25.2 Å². The normalized spacial score (nSPS) is 12.5. The molecule has 1 heterocycles. The number of carbonyl (C=O) groups excluding carboxylic acids is 1. The largest absolute Gasteiger partial charge is 0.347 e. The predicted molar refractivity (Wildman–Crippen MR) is 56.2 cm³/mol. The number of nitrogens with zero attached hydrogens (tertiary/aromatic N) is 4. The molecule has 6 heteroatoms. The monoisotopic (exact) mass is 211 g/mol. The summed E-state index contributed by atoms with van der Waals surface area (Å²) in [6.45, 7) is 3.26. The van der Waals surface area contributed by atoms with Crippen LogP contribution < -0.4 is 5.32 Å². The Kier molecular flexibility index (Phi) is 4.23. The van der Waals surface area contributed by atoms with E-state index in [-0.39, 0.29) is 11.9 Å². The van der Waals surface area contributed by atoms with E-state index in [4.69, 9.17) is 0 Å². The molecule has 0 aliphatic heterocycles. The topological polar surface area (TPSA) is 63.1 Å². The molecule has 0 aliphatic rings. The van der Waals surface area contributed by atoms with Gasteiger partial charge in [-0.3, -0.25) is 9.48 Å². The van der Waals surface area contributed by atoms with Crippen molar-refractivity contribution in [1.29, 1.82) is 0 Å². The summed E-state index contributed by atoms with van der Waals surface area (Å²) in [5.74, 6) is 0.0774. The van der Waals surface area contributed by atoms with Gasteiger partial charge in [0.25, 0.3) is 0 Å². The molecule has 0 spiro atoms. The van der Waals surface area contributed by atoms with Crippen molar-refractivity contribution in [2.24, 2.45) is 0 Å². The number of carbonyl (C=O) groups is 1. The van der Waals surface area contributed by atoms with Crippen LogP contribution in [0.15, 0.2) is 12.4 Å². The molecule has 15 heavy (non-hydrogen) atoms. The van der Waals surface area contributed by atoms with Crippen molar-refractivity contribution in [3.05, 3.63) is 12.4 Å². The van der Waals surface area contributed by atoms with Gasteiger partial charge in [-0.1, -0.05) is 5.21 Å². The standard InChI is InChI=1S/C9H17N5O/c1-8(9(15)13(2)3)10-4-6-14-7-5-11-12-14/h5,7-8,10H,4,6H2,1-3H3. The summed E-state index contributed by atoms with van der Waals surface area (Å²) in [7, 11) is 3.50. The second-order valence-electron chi connectivity index (χ2n) is 3.57. The minimum absolute atomic E-state index is 0.0774. The van der Waals surface area contributed by atoms with Crippen LogP contribution in [-0.4, -0.2) is 52.5 Å². The molecule has 1 rings (SSSR count). The van der Waals surface area contributed by atoms with Crippen LogP contribution in [0.1, 0.15) is 6.92 Å². The third-order valence-corrected chi connectivity index (χ3v) is 2.07. The number of hydrogen-bond acceptors (Lipinski definition) is 4. The maximum absolute atomic E-state index is 11.5. The van der Waals surface area contributed by atoms with Crippen LogP contribution in [0.4, 0.5) is 0 Å². The van der Waals surface area contributed by atoms with Crippen LogP contribution in [0, 0.1) is 0 Å². The summed E-state index contributed by atoms with van der Waals surface area (Å²) in [5.41, 5.74) is 0. The van der Waals surface area contributed by atoms with E-state index in [1.807, 2.05) is 6.92 Å². The number of aromatic nitrogens is 3. The Balaban J connectivity index is 2.23. The third-order valence-electron chi connectivity index (χ3n) is 2.07. The van der Waals surface area contributed by atoms with Gasteiger partial charge >= 0.3 is 0 Å². The van der Waals surface area contributed by atoms with Gasteiger partial charge in [0.1, 0.15) is 0 Å². The second-order valence-corrected chi connectivity index (χ2v) is 3.57. The molecule has 6 nitrogen and oxygen atoms in total. The quantitative estimate of drug-likeness (QED) is 0.702. The highest BCUT2D eigenvalue weighted by molar-refractivity contribution is 5.80. The van der Waals surface area contributed by atoms with E-state index in [1.165, 1.54) is 0 Å². The van der Waals surface area contributed by atoms with Crippen LogP contribution in [0.5, 0.6) is 0 Å². The van der Waals surface area contributed by atoms with Crippen molar-refractivity contribution in [3.8, 4) is 0 Å². The lowest BCUT2D eigenvalue weighted by molar-refractivity contribution is -0.130. The Morgan fingerprint density at radius 1 is 1.60 bits per heavy atom. The molecule has 1 N–H and O–H groups in total. The Bertz CT molecular complexity index is 295. The van der Waals surface area contributed by atoms with Crippen LogP contribution in [0.3, 0.4) is 0 Å². The van der Waals surface area contributed by atoms with Gasteiger partial charge in [-0.05, 0) is 6.92 Å². The maximum Gasteiger partial charge on any atom is 0.238 e. The van der Waals surface area contributed by atoms with E-state index in [9.17, 15) is 4.79 Å². The highest BCUT2D eigenvalue weighted by atomic mass is 16.2. The molecule has 1 unspecified atom stereocenters. The molecule has 1 aromatic heterocycles. The van der Waals surface area contributed by atoms with Crippen LogP contribution in [0.25, 0.3) is 0 Å². The Labute approximate surface area is 89.3 Å². The highest BCUT2D eigenvalue weighted by Gasteiger charge is 2.13. The molecule has 0 aliphatic carbocycles. The maximum atomic E-state index is 11.5. The first kappa shape index (κ1) is 11.6. The molecular weight excluding hydrogens is 194 g/mol. The smallest absolute Gasteiger partial charge is 0.238 e. The SMILES string of the molecule is CC(NCCn1ccnn1)C(=O)N(C)C. The summed E-state index contributed by atoms with van der Waals surface area (Å²) in [5, 5.41) is 10.6. The molecule has 0 aromatic carbocycles. The molecule has 0 bridgehead atoms. The molecule has 0 fully saturated rings. The molecule has 1 aromatic rings. The lowest BCUT2D eigenvalue weighted by atomic mass is 10.3. The fourth-order valence-electron chi connectivity index (χ4n) is 1.22. The van der Waals surface area contributed by atoms with E-state index in [1.54, 1.807) is 36.1 Å². The number of amides is 1. The van der Waals surface area contributed by atoms with Crippen molar-refractivity contribution in [2.75, 3.05) is 20.6 Å². The minimum Gasteiger partial charge on any atom is -0.347 e. The zero-order chi connectivity index (χ0) is 11.3. The lowest BCUT2D eigenvalue weighted by Crippen LogP contribution is -2.42. The molecule has 0 saturated carbocycles. The zero-order valence-electron chi connectivity index (χ0n) is 9.34. The Hall–Kier alpha value is -1.43. The van der Waals surface area contributed by atoms with Gasteiger partial charge in [-0.25, -0.2) is 0 Å². The molecule has 0 radical (unpaired) electrons. The van der Waals surface area contributed by atoms with E-state index in [2.05, 4.69) is 15.6 Å². The van der Waals surface area contributed by atoms with Crippen LogP contribution in [-0.2, 0) is 11.3 Å². The fraction of sp³-hybridized carbons (Fsp3) is 0.667. The summed E-state index contributed by atoms with van der Waals surface area (Å²) < 4.78 is 1.72. The van der Waals surface area contributed by atoms with Gasteiger partial charge < -0.3 is 10.2 Å². The second kappa shape index (κ2) is 5.45. The number of hydrogen-bond donors (Lipinski definition) is 1. The summed E-state index contributed by atoms with van der Waals surface area (Å²) in [4.78, 5) is 13.0. The van der Waals surface area contributed by atoms with E-state index in [0.717, 1.165) is 0 Å². The van der Waals surface area contributed by atoms with Gasteiger partial charge in [-0.2, -0.15) is 0 Å². The minimum atomic E-state index is -0.163. The Morgan fingerprint density at radius 3 is 2.87 bits per heavy atom. The van der Waals surface area contributed by atoms with Gasteiger partial charge in [0.05, 0.1) is 18.8 Å². The molecule has 1 amide bonds. The fourth-order valence-corrected chi connectivity index (χ4v) is 1.22. The van der Waals surface area contributed by atoms with Gasteiger partial charge in [0.15, 0.2) is 0 Å². The van der Waals surface area contributed by atoms with E-state index >= 15 is 0 Å². The van der Waals surface area contributed by atoms with Crippen LogP contribution in [0.2, 0.25) is 0 Å². The van der Waals surface area contributed by atoms with Gasteiger partial charge in [0.2, 0.25) is 5.91 Å². The third kappa shape index (κ3) is 3.67. The molecule has 0 saturated heterocycles.